The molecular formula is C21H34IN5S. The summed E-state index contributed by atoms with van der Waals surface area (Å²) < 4.78 is 0. The minimum absolute atomic E-state index is 0. The van der Waals surface area contributed by atoms with Gasteiger partial charge >= 0.3 is 0 Å². The van der Waals surface area contributed by atoms with E-state index in [1.807, 2.05) is 6.92 Å². The van der Waals surface area contributed by atoms with Crippen LogP contribution < -0.4 is 10.6 Å². The number of halogens is 1. The first-order valence-corrected chi connectivity index (χ1v) is 10.8. The molecule has 0 aliphatic rings. The number of nitrogens with one attached hydrogen (secondary N) is 2. The first-order valence-electron chi connectivity index (χ1n) is 9.87. The van der Waals surface area contributed by atoms with E-state index < -0.39 is 0 Å². The summed E-state index contributed by atoms with van der Waals surface area (Å²) in [6, 6.07) is 8.80. The Morgan fingerprint density at radius 3 is 2.32 bits per heavy atom. The fourth-order valence-electron chi connectivity index (χ4n) is 2.80. The molecular weight excluding hydrogens is 481 g/mol. The summed E-state index contributed by atoms with van der Waals surface area (Å²) in [7, 11) is 0. The van der Waals surface area contributed by atoms with Crippen LogP contribution in [0.1, 0.15) is 42.6 Å². The van der Waals surface area contributed by atoms with Gasteiger partial charge in [0.15, 0.2) is 5.96 Å². The van der Waals surface area contributed by atoms with E-state index in [1.165, 1.54) is 11.1 Å². The Bertz CT molecular complexity index is 695. The van der Waals surface area contributed by atoms with Crippen molar-refractivity contribution in [3.05, 3.63) is 51.5 Å². The second-order valence-corrected chi connectivity index (χ2v) is 7.57. The van der Waals surface area contributed by atoms with Crippen LogP contribution in [0.15, 0.2) is 34.6 Å². The fraction of sp³-hybridized carbons (Fsp3) is 0.524. The maximum Gasteiger partial charge on any atom is 0.191 e. The van der Waals surface area contributed by atoms with Crippen LogP contribution in [-0.2, 0) is 19.5 Å². The van der Waals surface area contributed by atoms with E-state index in [9.17, 15) is 0 Å². The van der Waals surface area contributed by atoms with Crippen LogP contribution in [0.5, 0.6) is 0 Å². The quantitative estimate of drug-likeness (QED) is 0.283. The summed E-state index contributed by atoms with van der Waals surface area (Å²) in [5.41, 5.74) is 3.73. The number of aromatic nitrogens is 1. The molecule has 28 heavy (non-hydrogen) atoms. The van der Waals surface area contributed by atoms with Crippen LogP contribution in [0, 0.1) is 6.92 Å². The molecule has 7 heteroatoms. The normalized spacial score (nSPS) is 11.4. The zero-order chi connectivity index (χ0) is 19.5. The molecule has 0 atom stereocenters. The number of thiazole rings is 1. The summed E-state index contributed by atoms with van der Waals surface area (Å²) >= 11 is 1.70. The van der Waals surface area contributed by atoms with Gasteiger partial charge in [0.05, 0.1) is 17.2 Å². The first kappa shape index (κ1) is 24.8. The Hall–Kier alpha value is -1.19. The Kier molecular flexibility index (Phi) is 12.3. The second-order valence-electron chi connectivity index (χ2n) is 6.51. The summed E-state index contributed by atoms with van der Waals surface area (Å²) in [6.45, 7) is 14.1. The van der Waals surface area contributed by atoms with E-state index in [0.717, 1.165) is 55.8 Å². The van der Waals surface area contributed by atoms with Crippen LogP contribution in [0.25, 0.3) is 0 Å². The van der Waals surface area contributed by atoms with Gasteiger partial charge in [-0.2, -0.15) is 0 Å². The SMILES string of the molecule is CCNC(=NCc1ccc(CN(CC)CC)cc1)NCCc1csc(C)n1.I. The fourth-order valence-corrected chi connectivity index (χ4v) is 3.45. The molecule has 1 aromatic carbocycles. The second kappa shape index (κ2) is 13.9. The molecule has 0 unspecified atom stereocenters. The zero-order valence-corrected chi connectivity index (χ0v) is 20.6. The molecule has 2 aromatic rings. The molecule has 0 saturated carbocycles. The molecule has 0 fully saturated rings. The standard InChI is InChI=1S/C21H33N5S.HI/c1-5-22-21(23-13-12-20-16-27-17(4)25-20)24-14-18-8-10-19(11-9-18)15-26(6-2)7-3;/h8-11,16H,5-7,12-15H2,1-4H3,(H2,22,23,24);1H. The smallest absolute Gasteiger partial charge is 0.191 e. The van der Waals surface area contributed by atoms with Crippen LogP contribution in [0.2, 0.25) is 0 Å². The van der Waals surface area contributed by atoms with E-state index >= 15 is 0 Å². The molecule has 0 bridgehead atoms. The van der Waals surface area contributed by atoms with Gasteiger partial charge in [-0.1, -0.05) is 38.1 Å². The lowest BCUT2D eigenvalue weighted by atomic mass is 10.1. The Balaban J connectivity index is 0.00000392. The van der Waals surface area contributed by atoms with Crippen LogP contribution in [0.4, 0.5) is 0 Å². The van der Waals surface area contributed by atoms with Gasteiger partial charge in [0.1, 0.15) is 0 Å². The van der Waals surface area contributed by atoms with E-state index in [1.54, 1.807) is 11.3 Å². The number of hydrogen-bond acceptors (Lipinski definition) is 4. The largest absolute Gasteiger partial charge is 0.357 e. The van der Waals surface area contributed by atoms with Gasteiger partial charge in [0.25, 0.3) is 0 Å². The van der Waals surface area contributed by atoms with Gasteiger partial charge < -0.3 is 10.6 Å². The summed E-state index contributed by atoms with van der Waals surface area (Å²) in [5, 5.41) is 9.96. The lowest BCUT2D eigenvalue weighted by Crippen LogP contribution is -2.38. The average molecular weight is 516 g/mol. The molecule has 0 aliphatic heterocycles. The number of guanidine groups is 1. The molecule has 1 aromatic heterocycles. The molecule has 2 rings (SSSR count). The lowest BCUT2D eigenvalue weighted by molar-refractivity contribution is 0.296. The number of aliphatic imine (C=N–C) groups is 1. The van der Waals surface area contributed by atoms with Crippen molar-refractivity contribution in [1.82, 2.24) is 20.5 Å². The van der Waals surface area contributed by atoms with E-state index in [2.05, 4.69) is 70.9 Å². The average Bonchev–Trinajstić information content (AvgIpc) is 3.10. The molecule has 0 amide bonds. The summed E-state index contributed by atoms with van der Waals surface area (Å²) in [4.78, 5) is 11.6. The molecule has 0 aliphatic carbocycles. The third-order valence-electron chi connectivity index (χ3n) is 4.43. The number of aryl methyl sites for hydroxylation is 1. The van der Waals surface area contributed by atoms with Crippen molar-refractivity contribution < 1.29 is 0 Å². The minimum Gasteiger partial charge on any atom is -0.357 e. The minimum atomic E-state index is 0. The highest BCUT2D eigenvalue weighted by atomic mass is 127. The van der Waals surface area contributed by atoms with Gasteiger partial charge in [-0.05, 0) is 38.1 Å². The van der Waals surface area contributed by atoms with Crippen molar-refractivity contribution >= 4 is 41.3 Å². The van der Waals surface area contributed by atoms with Crippen molar-refractivity contribution in [3.8, 4) is 0 Å². The predicted octanol–water partition coefficient (Wildman–Crippen LogP) is 4.21. The van der Waals surface area contributed by atoms with Gasteiger partial charge in [-0.3, -0.25) is 4.90 Å². The number of benzene rings is 1. The Morgan fingerprint density at radius 2 is 1.75 bits per heavy atom. The van der Waals surface area contributed by atoms with Crippen molar-refractivity contribution in [3.63, 3.8) is 0 Å². The van der Waals surface area contributed by atoms with Crippen molar-refractivity contribution in [2.75, 3.05) is 26.2 Å². The Morgan fingerprint density at radius 1 is 1.07 bits per heavy atom. The number of hydrogen-bond donors (Lipinski definition) is 2. The number of nitrogens with zero attached hydrogens (tertiary/aromatic N) is 3. The topological polar surface area (TPSA) is 52.6 Å². The monoisotopic (exact) mass is 515 g/mol. The summed E-state index contributed by atoms with van der Waals surface area (Å²) in [6.07, 6.45) is 0.912. The highest BCUT2D eigenvalue weighted by molar-refractivity contribution is 14.0. The lowest BCUT2D eigenvalue weighted by Gasteiger charge is -2.18. The number of rotatable bonds is 10. The molecule has 156 valence electrons. The van der Waals surface area contributed by atoms with E-state index in [-0.39, 0.29) is 24.0 Å². The third-order valence-corrected chi connectivity index (χ3v) is 5.25. The van der Waals surface area contributed by atoms with E-state index in [0.29, 0.717) is 6.54 Å². The van der Waals surface area contributed by atoms with Gasteiger partial charge in [0.2, 0.25) is 0 Å². The molecule has 1 heterocycles. The molecule has 0 saturated heterocycles. The highest BCUT2D eigenvalue weighted by Crippen LogP contribution is 2.09. The van der Waals surface area contributed by atoms with Crippen LogP contribution >= 0.6 is 35.3 Å². The van der Waals surface area contributed by atoms with Crippen LogP contribution in [0.3, 0.4) is 0 Å². The summed E-state index contributed by atoms with van der Waals surface area (Å²) in [5.74, 6) is 0.858. The Labute approximate surface area is 191 Å². The van der Waals surface area contributed by atoms with Gasteiger partial charge in [-0.25, -0.2) is 9.98 Å². The van der Waals surface area contributed by atoms with Gasteiger partial charge in [-0.15, -0.1) is 35.3 Å². The van der Waals surface area contributed by atoms with Gasteiger partial charge in [0, 0.05) is 31.4 Å². The first-order chi connectivity index (χ1) is 13.1. The third kappa shape index (κ3) is 8.87. The molecule has 0 spiro atoms. The van der Waals surface area contributed by atoms with Crippen LogP contribution in [-0.4, -0.2) is 42.0 Å². The van der Waals surface area contributed by atoms with E-state index in [4.69, 9.17) is 4.99 Å². The highest BCUT2D eigenvalue weighted by Gasteiger charge is 2.03. The maximum atomic E-state index is 4.71. The predicted molar refractivity (Wildman–Crippen MR) is 132 cm³/mol. The molecule has 0 radical (unpaired) electrons. The maximum absolute atomic E-state index is 4.71. The van der Waals surface area contributed by atoms with Crippen molar-refractivity contribution in [2.45, 2.75) is 47.2 Å². The van der Waals surface area contributed by atoms with Crippen molar-refractivity contribution in [2.24, 2.45) is 4.99 Å². The molecule has 2 N–H and O–H groups in total. The van der Waals surface area contributed by atoms with Crippen molar-refractivity contribution in [1.29, 1.82) is 0 Å². The molecule has 5 nitrogen and oxygen atoms in total. The zero-order valence-electron chi connectivity index (χ0n) is 17.5.